The quantitative estimate of drug-likeness (QED) is 0.744. The Hall–Kier alpha value is -2.25. The summed E-state index contributed by atoms with van der Waals surface area (Å²) in [5, 5.41) is 6.94. The third-order valence-corrected chi connectivity index (χ3v) is 3.73. The number of hydrogen-bond donors (Lipinski definition) is 2. The van der Waals surface area contributed by atoms with Crippen molar-refractivity contribution < 1.29 is 9.47 Å². The Morgan fingerprint density at radius 2 is 1.80 bits per heavy atom. The minimum atomic E-state index is 0.481. The average Bonchev–Trinajstić information content (AvgIpc) is 2.55. The van der Waals surface area contributed by atoms with E-state index in [0.717, 1.165) is 18.8 Å². The fraction of sp³-hybridized carbons (Fsp3) is 0.412. The highest BCUT2D eigenvalue weighted by molar-refractivity contribution is 6.32. The molecule has 8 heteroatoms. The van der Waals surface area contributed by atoms with Crippen LogP contribution in [0, 0.1) is 6.92 Å². The van der Waals surface area contributed by atoms with Gasteiger partial charge in [0.15, 0.2) is 0 Å². The number of benzene rings is 1. The van der Waals surface area contributed by atoms with Gasteiger partial charge in [-0.05, 0) is 21.0 Å². The highest BCUT2D eigenvalue weighted by atomic mass is 35.5. The molecule has 0 bridgehead atoms. The van der Waals surface area contributed by atoms with Crippen molar-refractivity contribution in [3.8, 4) is 11.5 Å². The van der Waals surface area contributed by atoms with Gasteiger partial charge < -0.3 is 25.0 Å². The maximum absolute atomic E-state index is 6.14. The van der Waals surface area contributed by atoms with E-state index in [1.54, 1.807) is 26.4 Å². The lowest BCUT2D eigenvalue weighted by Crippen LogP contribution is -2.21. The number of ether oxygens (including phenoxy) is 2. The Labute approximate surface area is 153 Å². The lowest BCUT2D eigenvalue weighted by atomic mass is 10.2. The van der Waals surface area contributed by atoms with Crippen molar-refractivity contribution in [1.82, 2.24) is 14.9 Å². The van der Waals surface area contributed by atoms with E-state index in [-0.39, 0.29) is 0 Å². The molecule has 0 aliphatic heterocycles. The number of anilines is 3. The number of likely N-dealkylation sites (N-methyl/N-ethyl adjacent to an activating group) is 1. The van der Waals surface area contributed by atoms with Crippen molar-refractivity contribution in [1.29, 1.82) is 0 Å². The molecule has 0 saturated carbocycles. The first kappa shape index (κ1) is 19.1. The lowest BCUT2D eigenvalue weighted by Gasteiger charge is -2.15. The van der Waals surface area contributed by atoms with Gasteiger partial charge in [-0.25, -0.2) is 4.98 Å². The van der Waals surface area contributed by atoms with Crippen LogP contribution in [0.4, 0.5) is 17.5 Å². The summed E-state index contributed by atoms with van der Waals surface area (Å²) < 4.78 is 10.7. The third-order valence-electron chi connectivity index (χ3n) is 3.43. The summed E-state index contributed by atoms with van der Waals surface area (Å²) in [7, 11) is 7.19. The zero-order valence-electron chi connectivity index (χ0n) is 15.2. The summed E-state index contributed by atoms with van der Waals surface area (Å²) in [6, 6.07) is 5.34. The van der Waals surface area contributed by atoms with Gasteiger partial charge in [-0.2, -0.15) is 4.98 Å². The van der Waals surface area contributed by atoms with Crippen LogP contribution in [0.3, 0.4) is 0 Å². The Kier molecular flexibility index (Phi) is 6.66. The fourth-order valence-corrected chi connectivity index (χ4v) is 2.43. The molecule has 25 heavy (non-hydrogen) atoms. The van der Waals surface area contributed by atoms with Crippen LogP contribution in [0.1, 0.15) is 5.69 Å². The van der Waals surface area contributed by atoms with Crippen molar-refractivity contribution in [3.05, 3.63) is 28.9 Å². The average molecular weight is 366 g/mol. The first-order valence-corrected chi connectivity index (χ1v) is 8.23. The van der Waals surface area contributed by atoms with E-state index in [4.69, 9.17) is 21.1 Å². The minimum absolute atomic E-state index is 0.481. The molecule has 7 nitrogen and oxygen atoms in total. The van der Waals surface area contributed by atoms with Crippen molar-refractivity contribution in [2.24, 2.45) is 0 Å². The molecule has 2 aromatic rings. The van der Waals surface area contributed by atoms with Crippen molar-refractivity contribution in [3.63, 3.8) is 0 Å². The topological polar surface area (TPSA) is 71.5 Å². The second-order valence-corrected chi connectivity index (χ2v) is 6.17. The Bertz CT molecular complexity index is 724. The number of nitrogens with zero attached hydrogens (tertiary/aromatic N) is 3. The normalized spacial score (nSPS) is 10.7. The van der Waals surface area contributed by atoms with E-state index in [9.17, 15) is 0 Å². The van der Waals surface area contributed by atoms with E-state index < -0.39 is 0 Å². The number of aryl methyl sites for hydroxylation is 1. The molecular formula is C17H24ClN5O2. The number of nitrogens with one attached hydrogen (secondary N) is 2. The van der Waals surface area contributed by atoms with Crippen LogP contribution in [-0.4, -0.2) is 56.3 Å². The monoisotopic (exact) mass is 365 g/mol. The van der Waals surface area contributed by atoms with Crippen LogP contribution in [0.25, 0.3) is 0 Å². The van der Waals surface area contributed by atoms with Gasteiger partial charge in [-0.3, -0.25) is 0 Å². The highest BCUT2D eigenvalue weighted by Crippen LogP contribution is 2.37. The smallest absolute Gasteiger partial charge is 0.224 e. The standard InChI is InChI=1S/C17H24ClN5O2/c1-11-8-16(22-17(20-11)19-6-7-23(2)3)21-13-10-14(24-4)12(18)9-15(13)25-5/h8-10H,6-7H2,1-5H3,(H2,19,20,21,22). The maximum Gasteiger partial charge on any atom is 0.224 e. The molecule has 0 saturated heterocycles. The molecular weight excluding hydrogens is 342 g/mol. The summed E-state index contributed by atoms with van der Waals surface area (Å²) in [5.74, 6) is 2.39. The van der Waals surface area contributed by atoms with Crippen molar-refractivity contribution in [2.45, 2.75) is 6.92 Å². The highest BCUT2D eigenvalue weighted by Gasteiger charge is 2.11. The molecule has 1 aromatic carbocycles. The molecule has 1 aromatic heterocycles. The number of aromatic nitrogens is 2. The number of halogens is 1. The fourth-order valence-electron chi connectivity index (χ4n) is 2.20. The van der Waals surface area contributed by atoms with Crippen molar-refractivity contribution in [2.75, 3.05) is 52.0 Å². The Morgan fingerprint density at radius 3 is 2.44 bits per heavy atom. The molecule has 136 valence electrons. The predicted octanol–water partition coefficient (Wildman–Crippen LogP) is 3.17. The zero-order valence-corrected chi connectivity index (χ0v) is 15.9. The van der Waals surface area contributed by atoms with Crippen LogP contribution in [0.15, 0.2) is 18.2 Å². The van der Waals surface area contributed by atoms with E-state index in [2.05, 4.69) is 25.5 Å². The van der Waals surface area contributed by atoms with Crippen molar-refractivity contribution >= 4 is 29.1 Å². The maximum atomic E-state index is 6.14. The first-order chi connectivity index (χ1) is 11.9. The molecule has 0 spiro atoms. The van der Waals surface area contributed by atoms with Gasteiger partial charge in [0.05, 0.1) is 24.9 Å². The van der Waals surface area contributed by atoms with Gasteiger partial charge in [-0.1, -0.05) is 11.6 Å². The van der Waals surface area contributed by atoms with E-state index >= 15 is 0 Å². The van der Waals surface area contributed by atoms with Gasteiger partial charge in [0, 0.05) is 37.0 Å². The van der Waals surface area contributed by atoms with E-state index in [1.807, 2.05) is 27.1 Å². The van der Waals surface area contributed by atoms with Gasteiger partial charge in [0.1, 0.15) is 17.3 Å². The molecule has 2 N–H and O–H groups in total. The molecule has 0 aliphatic rings. The summed E-state index contributed by atoms with van der Waals surface area (Å²) in [5.41, 5.74) is 1.56. The van der Waals surface area contributed by atoms with Gasteiger partial charge in [-0.15, -0.1) is 0 Å². The third kappa shape index (κ3) is 5.37. The SMILES string of the molecule is COc1cc(Nc2cc(C)nc(NCCN(C)C)n2)c(OC)cc1Cl. The molecule has 0 unspecified atom stereocenters. The van der Waals surface area contributed by atoms with Gasteiger partial charge >= 0.3 is 0 Å². The van der Waals surface area contributed by atoms with Crippen LogP contribution in [-0.2, 0) is 0 Å². The molecule has 0 atom stereocenters. The first-order valence-electron chi connectivity index (χ1n) is 7.85. The molecule has 0 amide bonds. The summed E-state index contributed by atoms with van der Waals surface area (Å²) in [4.78, 5) is 11.0. The molecule has 0 radical (unpaired) electrons. The van der Waals surface area contributed by atoms with Crippen LogP contribution in [0.5, 0.6) is 11.5 Å². The zero-order chi connectivity index (χ0) is 18.4. The van der Waals surface area contributed by atoms with Crippen LogP contribution in [0.2, 0.25) is 5.02 Å². The van der Waals surface area contributed by atoms with E-state index in [1.165, 1.54) is 0 Å². The van der Waals surface area contributed by atoms with E-state index in [0.29, 0.717) is 34.0 Å². The molecule has 2 rings (SSSR count). The van der Waals surface area contributed by atoms with Gasteiger partial charge in [0.25, 0.3) is 0 Å². The summed E-state index contributed by atoms with van der Waals surface area (Å²) in [6.07, 6.45) is 0. The molecule has 0 aliphatic carbocycles. The Morgan fingerprint density at radius 1 is 1.08 bits per heavy atom. The number of hydrogen-bond acceptors (Lipinski definition) is 7. The van der Waals surface area contributed by atoms with Crippen LogP contribution < -0.4 is 20.1 Å². The lowest BCUT2D eigenvalue weighted by molar-refractivity contribution is 0.405. The van der Waals surface area contributed by atoms with Crippen LogP contribution >= 0.6 is 11.6 Å². The summed E-state index contributed by atoms with van der Waals surface area (Å²) in [6.45, 7) is 3.57. The van der Waals surface area contributed by atoms with Gasteiger partial charge in [0.2, 0.25) is 5.95 Å². The largest absolute Gasteiger partial charge is 0.495 e. The molecule has 1 heterocycles. The predicted molar refractivity (Wildman–Crippen MR) is 102 cm³/mol. The summed E-state index contributed by atoms with van der Waals surface area (Å²) >= 11 is 6.14. The number of rotatable bonds is 8. The second kappa shape index (κ2) is 8.73. The Balaban J connectivity index is 2.23. The second-order valence-electron chi connectivity index (χ2n) is 5.76. The minimum Gasteiger partial charge on any atom is -0.495 e. The number of methoxy groups -OCH3 is 2. The molecule has 0 fully saturated rings.